The molecule has 1 fully saturated rings. The maximum Gasteiger partial charge on any atom is 0.243 e. The van der Waals surface area contributed by atoms with Crippen molar-refractivity contribution < 1.29 is 4.79 Å². The lowest BCUT2D eigenvalue weighted by Crippen LogP contribution is -2.41. The average Bonchev–Trinajstić information content (AvgIpc) is 3.14. The van der Waals surface area contributed by atoms with Crippen LogP contribution in [0.2, 0.25) is 0 Å². The summed E-state index contributed by atoms with van der Waals surface area (Å²) in [6, 6.07) is 7.23. The molecule has 0 heterocycles. The summed E-state index contributed by atoms with van der Waals surface area (Å²) in [5.74, 6) is 3.97. The number of aliphatic imine (C=N–C) groups is 1. The molecular weight excluding hydrogens is 312 g/mol. The van der Waals surface area contributed by atoms with Crippen molar-refractivity contribution in [3.63, 3.8) is 0 Å². The second-order valence-corrected chi connectivity index (χ2v) is 6.42. The van der Waals surface area contributed by atoms with Gasteiger partial charge in [0.2, 0.25) is 5.91 Å². The van der Waals surface area contributed by atoms with Crippen LogP contribution in [-0.4, -0.2) is 32.0 Å². The van der Waals surface area contributed by atoms with Gasteiger partial charge in [-0.25, -0.2) is 0 Å². The van der Waals surface area contributed by atoms with Crippen molar-refractivity contribution >= 4 is 17.6 Å². The van der Waals surface area contributed by atoms with E-state index >= 15 is 0 Å². The molecule has 0 bridgehead atoms. The van der Waals surface area contributed by atoms with Crippen LogP contribution in [-0.2, 0) is 4.79 Å². The molecule has 0 radical (unpaired) electrons. The quantitative estimate of drug-likeness (QED) is 0.309. The van der Waals surface area contributed by atoms with Gasteiger partial charge in [0.1, 0.15) is 0 Å². The second-order valence-electron chi connectivity index (χ2n) is 6.42. The number of nitrogens with one attached hydrogen (secondary N) is 3. The number of benzene rings is 1. The number of rotatable bonds is 7. The number of hydrogen-bond donors (Lipinski definition) is 3. The molecular formula is C20H28N4O. The van der Waals surface area contributed by atoms with Gasteiger partial charge in [0.25, 0.3) is 0 Å². The predicted molar refractivity (Wildman–Crippen MR) is 104 cm³/mol. The fourth-order valence-corrected chi connectivity index (χ4v) is 3.17. The Morgan fingerprint density at radius 3 is 2.84 bits per heavy atom. The van der Waals surface area contributed by atoms with E-state index in [1.807, 2.05) is 18.2 Å². The molecule has 25 heavy (non-hydrogen) atoms. The number of anilines is 1. The highest BCUT2D eigenvalue weighted by atomic mass is 16.1. The molecule has 2 rings (SSSR count). The van der Waals surface area contributed by atoms with E-state index in [2.05, 4.69) is 26.9 Å². The molecule has 0 aromatic heterocycles. The Labute approximate surface area is 150 Å². The largest absolute Gasteiger partial charge is 0.356 e. The highest BCUT2D eigenvalue weighted by Gasteiger charge is 2.14. The molecule has 0 saturated heterocycles. The predicted octanol–water partition coefficient (Wildman–Crippen LogP) is 2.74. The maximum atomic E-state index is 12.0. The zero-order chi connectivity index (χ0) is 17.9. The van der Waals surface area contributed by atoms with Gasteiger partial charge in [0, 0.05) is 24.8 Å². The Bertz CT molecular complexity index is 627. The fourth-order valence-electron chi connectivity index (χ4n) is 3.17. The Balaban J connectivity index is 1.65. The summed E-state index contributed by atoms with van der Waals surface area (Å²) in [4.78, 5) is 16.2. The zero-order valence-electron chi connectivity index (χ0n) is 15.0. The molecule has 0 spiro atoms. The number of nitrogens with zero attached hydrogens (tertiary/aromatic N) is 1. The molecule has 5 nitrogen and oxygen atoms in total. The van der Waals surface area contributed by atoms with Gasteiger partial charge in [0.15, 0.2) is 5.96 Å². The molecule has 0 unspecified atom stereocenters. The minimum absolute atomic E-state index is 0.136. The van der Waals surface area contributed by atoms with Gasteiger partial charge < -0.3 is 16.0 Å². The Hall–Kier alpha value is -2.48. The highest BCUT2D eigenvalue weighted by Crippen LogP contribution is 2.28. The van der Waals surface area contributed by atoms with Crippen LogP contribution in [0.4, 0.5) is 5.69 Å². The molecule has 3 N–H and O–H groups in total. The monoisotopic (exact) mass is 340 g/mol. The molecule has 1 aliphatic carbocycles. The van der Waals surface area contributed by atoms with Crippen LogP contribution in [0.3, 0.4) is 0 Å². The summed E-state index contributed by atoms with van der Waals surface area (Å²) in [6.07, 6.45) is 13.3. The maximum absolute atomic E-state index is 12.0. The summed E-state index contributed by atoms with van der Waals surface area (Å²) in [5, 5.41) is 9.12. The Morgan fingerprint density at radius 2 is 2.12 bits per heavy atom. The number of carbonyl (C=O) groups excluding carboxylic acids is 1. The minimum Gasteiger partial charge on any atom is -0.356 e. The first-order chi connectivity index (χ1) is 12.2. The lowest BCUT2D eigenvalue weighted by Gasteiger charge is -2.13. The van der Waals surface area contributed by atoms with Crippen molar-refractivity contribution in [3.8, 4) is 12.3 Å². The van der Waals surface area contributed by atoms with Gasteiger partial charge in [-0.15, -0.1) is 6.42 Å². The van der Waals surface area contributed by atoms with Crippen molar-refractivity contribution in [2.24, 2.45) is 10.9 Å². The van der Waals surface area contributed by atoms with Crippen LogP contribution in [0.1, 0.15) is 44.1 Å². The molecule has 134 valence electrons. The summed E-state index contributed by atoms with van der Waals surface area (Å²) >= 11 is 0. The average molecular weight is 340 g/mol. The van der Waals surface area contributed by atoms with Gasteiger partial charge in [-0.3, -0.25) is 9.79 Å². The molecule has 0 aliphatic heterocycles. The van der Waals surface area contributed by atoms with Gasteiger partial charge in [-0.1, -0.05) is 37.7 Å². The van der Waals surface area contributed by atoms with Crippen molar-refractivity contribution in [3.05, 3.63) is 29.8 Å². The molecule has 1 aliphatic rings. The van der Waals surface area contributed by atoms with Crippen LogP contribution >= 0.6 is 0 Å². The zero-order valence-corrected chi connectivity index (χ0v) is 15.0. The number of terminal acetylenes is 1. The van der Waals surface area contributed by atoms with E-state index in [0.29, 0.717) is 11.6 Å². The molecule has 5 heteroatoms. The van der Waals surface area contributed by atoms with Crippen LogP contribution in [0.5, 0.6) is 0 Å². The van der Waals surface area contributed by atoms with Crippen molar-refractivity contribution in [1.82, 2.24) is 10.6 Å². The minimum atomic E-state index is -0.136. The van der Waals surface area contributed by atoms with Gasteiger partial charge >= 0.3 is 0 Å². The number of hydrogen-bond acceptors (Lipinski definition) is 2. The highest BCUT2D eigenvalue weighted by molar-refractivity contribution is 5.95. The molecule has 1 aromatic rings. The van der Waals surface area contributed by atoms with Gasteiger partial charge in [-0.2, -0.15) is 0 Å². The first kappa shape index (κ1) is 18.9. The van der Waals surface area contributed by atoms with E-state index in [1.54, 1.807) is 13.1 Å². The second kappa shape index (κ2) is 10.4. The van der Waals surface area contributed by atoms with Crippen LogP contribution < -0.4 is 16.0 Å². The molecule has 0 atom stereocenters. The lowest BCUT2D eigenvalue weighted by atomic mass is 10.0. The SMILES string of the molecule is C#Cc1cccc(NC(=O)CNC(=NC)NCCCC2CCCC2)c1. The van der Waals surface area contributed by atoms with E-state index in [1.165, 1.54) is 32.1 Å². The number of guanidine groups is 1. The Morgan fingerprint density at radius 1 is 1.32 bits per heavy atom. The summed E-state index contributed by atoms with van der Waals surface area (Å²) in [5.41, 5.74) is 1.44. The third-order valence-electron chi connectivity index (χ3n) is 4.51. The molecule has 1 saturated carbocycles. The normalized spacial score (nSPS) is 14.8. The van der Waals surface area contributed by atoms with Crippen molar-refractivity contribution in [2.45, 2.75) is 38.5 Å². The Kier molecular flexibility index (Phi) is 7.84. The fraction of sp³-hybridized carbons (Fsp3) is 0.500. The van der Waals surface area contributed by atoms with E-state index in [-0.39, 0.29) is 12.5 Å². The van der Waals surface area contributed by atoms with E-state index in [4.69, 9.17) is 6.42 Å². The van der Waals surface area contributed by atoms with E-state index in [0.717, 1.165) is 24.4 Å². The third kappa shape index (κ3) is 6.88. The molecule has 1 aromatic carbocycles. The summed E-state index contributed by atoms with van der Waals surface area (Å²) in [7, 11) is 1.71. The van der Waals surface area contributed by atoms with Crippen molar-refractivity contribution in [2.75, 3.05) is 25.5 Å². The van der Waals surface area contributed by atoms with E-state index in [9.17, 15) is 4.79 Å². The first-order valence-electron chi connectivity index (χ1n) is 9.02. The van der Waals surface area contributed by atoms with E-state index < -0.39 is 0 Å². The van der Waals surface area contributed by atoms with Crippen molar-refractivity contribution in [1.29, 1.82) is 0 Å². The molecule has 1 amide bonds. The number of carbonyl (C=O) groups is 1. The van der Waals surface area contributed by atoms with Gasteiger partial charge in [0.05, 0.1) is 6.54 Å². The lowest BCUT2D eigenvalue weighted by molar-refractivity contribution is -0.115. The van der Waals surface area contributed by atoms with Gasteiger partial charge in [-0.05, 0) is 37.0 Å². The summed E-state index contributed by atoms with van der Waals surface area (Å²) < 4.78 is 0. The topological polar surface area (TPSA) is 65.5 Å². The third-order valence-corrected chi connectivity index (χ3v) is 4.51. The smallest absolute Gasteiger partial charge is 0.243 e. The van der Waals surface area contributed by atoms with Crippen LogP contribution in [0.25, 0.3) is 0 Å². The first-order valence-corrected chi connectivity index (χ1v) is 9.02. The van der Waals surface area contributed by atoms with Crippen LogP contribution in [0, 0.1) is 18.3 Å². The standard InChI is InChI=1S/C20H28N4O/c1-3-16-10-6-12-18(14-16)24-19(25)15-23-20(21-2)22-13-7-11-17-8-4-5-9-17/h1,6,10,12,14,17H,4-5,7-9,11,13,15H2,2H3,(H,24,25)(H2,21,22,23). The number of amides is 1. The summed E-state index contributed by atoms with van der Waals surface area (Å²) in [6.45, 7) is 1.03. The van der Waals surface area contributed by atoms with Crippen LogP contribution in [0.15, 0.2) is 29.3 Å².